The molecule has 13 rings (SSSR count). The first kappa shape index (κ1) is 33.0. The Morgan fingerprint density at radius 1 is 0.417 bits per heavy atom. The molecule has 12 aromatic rings. The number of hydrogen-bond donors (Lipinski definition) is 1. The molecule has 10 aromatic carbocycles. The SMILES string of the molecule is c1ccc(C2=NC(c3c(-n4c5cc6ccccc6cc5c5c6ccccc6ccc54)ccc4oc5ccccc5c34)N=C(c3cc4ccccc4c4ccccc34)N2)cc1. The predicted molar refractivity (Wildman–Crippen MR) is 250 cm³/mol. The fourth-order valence-corrected chi connectivity index (χ4v) is 9.73. The van der Waals surface area contributed by atoms with Gasteiger partial charge in [-0.2, -0.15) is 0 Å². The Labute approximate surface area is 344 Å². The summed E-state index contributed by atoms with van der Waals surface area (Å²) >= 11 is 0. The molecule has 0 radical (unpaired) electrons. The summed E-state index contributed by atoms with van der Waals surface area (Å²) in [4.78, 5) is 11.3. The molecule has 280 valence electrons. The van der Waals surface area contributed by atoms with Gasteiger partial charge in [-0.1, -0.05) is 152 Å². The van der Waals surface area contributed by atoms with Crippen LogP contribution in [0, 0.1) is 0 Å². The highest BCUT2D eigenvalue weighted by Gasteiger charge is 2.29. The van der Waals surface area contributed by atoms with Crippen molar-refractivity contribution in [3.05, 3.63) is 211 Å². The normalized spacial score (nSPS) is 14.5. The van der Waals surface area contributed by atoms with Crippen molar-refractivity contribution in [1.82, 2.24) is 9.88 Å². The Bertz CT molecular complexity index is 3820. The number of aromatic nitrogens is 1. The average molecular weight is 767 g/mol. The molecule has 0 aliphatic carbocycles. The molecule has 0 saturated heterocycles. The molecule has 0 saturated carbocycles. The average Bonchev–Trinajstić information content (AvgIpc) is 3.85. The number of amidine groups is 2. The molecule has 5 nitrogen and oxygen atoms in total. The van der Waals surface area contributed by atoms with E-state index in [1.807, 2.05) is 12.1 Å². The summed E-state index contributed by atoms with van der Waals surface area (Å²) in [5.74, 6) is 1.53. The van der Waals surface area contributed by atoms with Crippen molar-refractivity contribution in [2.24, 2.45) is 9.98 Å². The van der Waals surface area contributed by atoms with Crippen LogP contribution >= 0.6 is 0 Å². The smallest absolute Gasteiger partial charge is 0.172 e. The predicted octanol–water partition coefficient (Wildman–Crippen LogP) is 13.8. The second-order valence-corrected chi connectivity index (χ2v) is 15.7. The third-order valence-corrected chi connectivity index (χ3v) is 12.4. The number of rotatable bonds is 4. The molecule has 3 heterocycles. The number of para-hydroxylation sites is 1. The van der Waals surface area contributed by atoms with Gasteiger partial charge in [-0.25, -0.2) is 9.98 Å². The largest absolute Gasteiger partial charge is 0.456 e. The van der Waals surface area contributed by atoms with Crippen molar-refractivity contribution in [3.8, 4) is 5.69 Å². The van der Waals surface area contributed by atoms with Crippen LogP contribution in [-0.4, -0.2) is 16.2 Å². The van der Waals surface area contributed by atoms with Crippen molar-refractivity contribution < 1.29 is 4.42 Å². The van der Waals surface area contributed by atoms with Crippen LogP contribution in [0.3, 0.4) is 0 Å². The van der Waals surface area contributed by atoms with Crippen molar-refractivity contribution in [3.63, 3.8) is 0 Å². The molecule has 1 unspecified atom stereocenters. The van der Waals surface area contributed by atoms with Gasteiger partial charge in [0.2, 0.25) is 0 Å². The molecule has 0 bridgehead atoms. The first-order valence-electron chi connectivity index (χ1n) is 20.4. The summed E-state index contributed by atoms with van der Waals surface area (Å²) < 4.78 is 9.10. The maximum atomic E-state index is 6.65. The Morgan fingerprint density at radius 2 is 1.07 bits per heavy atom. The van der Waals surface area contributed by atoms with Gasteiger partial charge in [0.25, 0.3) is 0 Å². The quantitative estimate of drug-likeness (QED) is 0.181. The molecule has 2 aromatic heterocycles. The monoisotopic (exact) mass is 766 g/mol. The summed E-state index contributed by atoms with van der Waals surface area (Å²) in [6.45, 7) is 0. The van der Waals surface area contributed by atoms with E-state index >= 15 is 0 Å². The lowest BCUT2D eigenvalue weighted by Gasteiger charge is -2.25. The first-order valence-corrected chi connectivity index (χ1v) is 20.4. The lowest BCUT2D eigenvalue weighted by Crippen LogP contribution is -2.36. The minimum Gasteiger partial charge on any atom is -0.456 e. The fraction of sp³-hybridized carbons (Fsp3) is 0.0182. The molecule has 1 N–H and O–H groups in total. The van der Waals surface area contributed by atoms with Crippen molar-refractivity contribution in [2.45, 2.75) is 6.17 Å². The Hall–Kier alpha value is -8.02. The van der Waals surface area contributed by atoms with Crippen LogP contribution in [0.4, 0.5) is 0 Å². The molecule has 1 atom stereocenters. The summed E-state index contributed by atoms with van der Waals surface area (Å²) in [6.07, 6.45) is -0.644. The molecule has 0 amide bonds. The van der Waals surface area contributed by atoms with Gasteiger partial charge in [0.05, 0.1) is 16.7 Å². The van der Waals surface area contributed by atoms with Crippen LogP contribution in [0.25, 0.3) is 92.5 Å². The number of fused-ring (bicyclic) bond motifs is 12. The Balaban J connectivity index is 1.18. The zero-order valence-corrected chi connectivity index (χ0v) is 32.3. The van der Waals surface area contributed by atoms with E-state index in [0.29, 0.717) is 0 Å². The summed E-state index contributed by atoms with van der Waals surface area (Å²) in [6, 6.07) is 69.2. The highest BCUT2D eigenvalue weighted by atomic mass is 16.3. The lowest BCUT2D eigenvalue weighted by molar-refractivity contribution is 0.667. The van der Waals surface area contributed by atoms with Crippen LogP contribution in [0.5, 0.6) is 0 Å². The number of furan rings is 1. The molecule has 1 aliphatic heterocycles. The third-order valence-electron chi connectivity index (χ3n) is 12.4. The van der Waals surface area contributed by atoms with Crippen molar-refractivity contribution in [1.29, 1.82) is 0 Å². The van der Waals surface area contributed by atoms with Gasteiger partial charge < -0.3 is 14.3 Å². The highest BCUT2D eigenvalue weighted by molar-refractivity contribution is 6.25. The van der Waals surface area contributed by atoms with E-state index in [-0.39, 0.29) is 0 Å². The van der Waals surface area contributed by atoms with Gasteiger partial charge in [-0.15, -0.1) is 0 Å². The fourth-order valence-electron chi connectivity index (χ4n) is 9.73. The maximum absolute atomic E-state index is 6.65. The minimum absolute atomic E-state index is 0.644. The second-order valence-electron chi connectivity index (χ2n) is 15.7. The van der Waals surface area contributed by atoms with E-state index < -0.39 is 6.17 Å². The van der Waals surface area contributed by atoms with Crippen LogP contribution in [-0.2, 0) is 0 Å². The van der Waals surface area contributed by atoms with Gasteiger partial charge in [0.1, 0.15) is 22.8 Å². The Kier molecular flexibility index (Phi) is 7.01. The second kappa shape index (κ2) is 12.7. The van der Waals surface area contributed by atoms with Gasteiger partial charge in [0.15, 0.2) is 6.17 Å². The molecule has 1 aliphatic rings. The number of hydrogen-bond acceptors (Lipinski definition) is 4. The van der Waals surface area contributed by atoms with E-state index in [0.717, 1.165) is 77.8 Å². The van der Waals surface area contributed by atoms with E-state index in [9.17, 15) is 0 Å². The van der Waals surface area contributed by atoms with Crippen molar-refractivity contribution >= 4 is 98.5 Å². The van der Waals surface area contributed by atoms with Gasteiger partial charge >= 0.3 is 0 Å². The van der Waals surface area contributed by atoms with Crippen LogP contribution in [0.2, 0.25) is 0 Å². The molecular weight excluding hydrogens is 733 g/mol. The third kappa shape index (κ3) is 4.87. The minimum atomic E-state index is -0.644. The van der Waals surface area contributed by atoms with E-state index in [1.54, 1.807) is 0 Å². The topological polar surface area (TPSA) is 54.8 Å². The standard InChI is InChI=1S/C55H34N4O/c1-2-15-34(16-3-1)53-56-54(43-31-37-19-7-8-20-38(37)40-22-10-11-23-41(40)43)58-55(57-53)52-46(28-29-49-51(52)42-24-12-13-25-48(42)60-49)59-45-27-26-33-14-6-9-21-39(33)50(45)44-30-35-17-4-5-18-36(35)32-47(44)59/h1-32,55H,(H,56,57,58). The summed E-state index contributed by atoms with van der Waals surface area (Å²) in [5.41, 5.74) is 7.88. The molecule has 5 heteroatoms. The van der Waals surface area contributed by atoms with E-state index in [1.165, 1.54) is 43.1 Å². The number of nitrogens with one attached hydrogen (secondary N) is 1. The van der Waals surface area contributed by atoms with Crippen LogP contribution in [0.1, 0.15) is 22.9 Å². The van der Waals surface area contributed by atoms with E-state index in [2.05, 4.69) is 192 Å². The summed E-state index contributed by atoms with van der Waals surface area (Å²) in [5, 5.41) is 17.7. The number of benzene rings is 10. The molecule has 60 heavy (non-hydrogen) atoms. The van der Waals surface area contributed by atoms with Crippen LogP contribution in [0.15, 0.2) is 209 Å². The molecular formula is C55H34N4O. The zero-order valence-electron chi connectivity index (χ0n) is 32.3. The van der Waals surface area contributed by atoms with E-state index in [4.69, 9.17) is 14.4 Å². The highest BCUT2D eigenvalue weighted by Crippen LogP contribution is 2.45. The van der Waals surface area contributed by atoms with Gasteiger partial charge in [-0.05, 0) is 85.6 Å². The van der Waals surface area contributed by atoms with Crippen molar-refractivity contribution in [2.75, 3.05) is 0 Å². The van der Waals surface area contributed by atoms with Crippen LogP contribution < -0.4 is 5.32 Å². The van der Waals surface area contributed by atoms with Gasteiger partial charge in [0, 0.05) is 38.2 Å². The zero-order chi connectivity index (χ0) is 39.3. The first-order chi connectivity index (χ1) is 29.7. The number of aliphatic imine (C=N–C) groups is 2. The maximum Gasteiger partial charge on any atom is 0.172 e. The van der Waals surface area contributed by atoms with Gasteiger partial charge in [-0.3, -0.25) is 0 Å². The molecule has 0 fully saturated rings. The molecule has 0 spiro atoms. The Morgan fingerprint density at radius 3 is 1.90 bits per heavy atom. The lowest BCUT2D eigenvalue weighted by atomic mass is 9.96. The number of nitrogens with zero attached hydrogens (tertiary/aromatic N) is 3. The summed E-state index contributed by atoms with van der Waals surface area (Å²) in [7, 11) is 0.